The molecule has 1 N–H and O–H groups in total. The molecule has 0 aliphatic carbocycles. The molecule has 1 amide bonds. The van der Waals surface area contributed by atoms with Crippen molar-refractivity contribution in [1.29, 1.82) is 0 Å². The topological polar surface area (TPSA) is 66.5 Å². The summed E-state index contributed by atoms with van der Waals surface area (Å²) in [6.45, 7) is 5.82. The summed E-state index contributed by atoms with van der Waals surface area (Å²) in [4.78, 5) is 13.0. The Labute approximate surface area is 178 Å². The van der Waals surface area contributed by atoms with Gasteiger partial charge < -0.3 is 5.32 Å². The Morgan fingerprint density at radius 3 is 2.30 bits per heavy atom. The van der Waals surface area contributed by atoms with Gasteiger partial charge in [-0.2, -0.15) is 0 Å². The smallest absolute Gasteiger partial charge is 0.264 e. The number of benzene rings is 3. The number of nitrogens with zero attached hydrogens (tertiary/aromatic N) is 1. The van der Waals surface area contributed by atoms with Crippen molar-refractivity contribution in [3.63, 3.8) is 0 Å². The highest BCUT2D eigenvalue weighted by Gasteiger charge is 2.23. The van der Waals surface area contributed by atoms with Gasteiger partial charge in [0.05, 0.1) is 10.6 Å². The van der Waals surface area contributed by atoms with E-state index in [0.29, 0.717) is 11.3 Å². The number of hydrogen-bond acceptors (Lipinski definition) is 3. The standard InChI is InChI=1S/C24H26N2O3S/c1-5-19-12-8-11-18(3)23(19)25-24(27)20-13-9-14-21(16-20)30(28,29)26(4)22-15-7-6-10-17(22)2/h6-16H,5H2,1-4H3,(H,25,27). The molecule has 0 aromatic heterocycles. The Kier molecular flexibility index (Phi) is 6.27. The zero-order valence-corrected chi connectivity index (χ0v) is 18.5. The minimum Gasteiger partial charge on any atom is -0.321 e. The molecule has 0 fully saturated rings. The van der Waals surface area contributed by atoms with Crippen LogP contribution >= 0.6 is 0 Å². The lowest BCUT2D eigenvalue weighted by Gasteiger charge is -2.21. The monoisotopic (exact) mass is 422 g/mol. The second-order valence-corrected chi connectivity index (χ2v) is 9.17. The van der Waals surface area contributed by atoms with Gasteiger partial charge in [0.1, 0.15) is 0 Å². The van der Waals surface area contributed by atoms with Crippen molar-refractivity contribution in [2.24, 2.45) is 0 Å². The quantitative estimate of drug-likeness (QED) is 0.612. The molecule has 0 bridgehead atoms. The molecule has 0 spiro atoms. The second-order valence-electron chi connectivity index (χ2n) is 7.20. The van der Waals surface area contributed by atoms with Crippen LogP contribution in [0.3, 0.4) is 0 Å². The highest BCUT2D eigenvalue weighted by molar-refractivity contribution is 7.92. The van der Waals surface area contributed by atoms with Crippen molar-refractivity contribution in [3.05, 3.63) is 89.0 Å². The zero-order valence-electron chi connectivity index (χ0n) is 17.6. The molecule has 6 heteroatoms. The minimum atomic E-state index is -3.81. The average molecular weight is 423 g/mol. The molecular weight excluding hydrogens is 396 g/mol. The third-order valence-electron chi connectivity index (χ3n) is 5.19. The molecule has 3 aromatic rings. The van der Waals surface area contributed by atoms with E-state index in [1.165, 1.54) is 23.5 Å². The maximum absolute atomic E-state index is 13.2. The van der Waals surface area contributed by atoms with Crippen LogP contribution < -0.4 is 9.62 Å². The fourth-order valence-electron chi connectivity index (χ4n) is 3.39. The summed E-state index contributed by atoms with van der Waals surface area (Å²) in [7, 11) is -2.29. The van der Waals surface area contributed by atoms with E-state index in [2.05, 4.69) is 5.32 Å². The summed E-state index contributed by atoms with van der Waals surface area (Å²) in [5, 5.41) is 2.95. The molecule has 0 aliphatic heterocycles. The van der Waals surface area contributed by atoms with Crippen LogP contribution in [0.15, 0.2) is 71.6 Å². The van der Waals surface area contributed by atoms with Crippen LogP contribution in [0.5, 0.6) is 0 Å². The van der Waals surface area contributed by atoms with Gasteiger partial charge in [0, 0.05) is 18.3 Å². The fraction of sp³-hybridized carbons (Fsp3) is 0.208. The Morgan fingerprint density at radius 2 is 1.60 bits per heavy atom. The van der Waals surface area contributed by atoms with Crippen molar-refractivity contribution in [2.75, 3.05) is 16.7 Å². The van der Waals surface area contributed by atoms with Crippen molar-refractivity contribution in [1.82, 2.24) is 0 Å². The van der Waals surface area contributed by atoms with Crippen LogP contribution in [0, 0.1) is 13.8 Å². The van der Waals surface area contributed by atoms with E-state index in [4.69, 9.17) is 0 Å². The summed E-state index contributed by atoms with van der Waals surface area (Å²) in [5.74, 6) is -0.338. The van der Waals surface area contributed by atoms with E-state index < -0.39 is 10.0 Å². The number of anilines is 2. The summed E-state index contributed by atoms with van der Waals surface area (Å²) >= 11 is 0. The molecule has 0 radical (unpaired) electrons. The number of aryl methyl sites for hydroxylation is 3. The first-order chi connectivity index (χ1) is 14.3. The van der Waals surface area contributed by atoms with Gasteiger partial charge in [-0.15, -0.1) is 0 Å². The predicted molar refractivity (Wildman–Crippen MR) is 122 cm³/mol. The number of nitrogens with one attached hydrogen (secondary N) is 1. The van der Waals surface area contributed by atoms with Gasteiger partial charge in [-0.05, 0) is 61.2 Å². The molecule has 3 rings (SSSR count). The first-order valence-corrected chi connectivity index (χ1v) is 11.2. The highest BCUT2D eigenvalue weighted by atomic mass is 32.2. The second kappa shape index (κ2) is 8.71. The number of carbonyl (C=O) groups excluding carboxylic acids is 1. The van der Waals surface area contributed by atoms with Crippen LogP contribution in [-0.4, -0.2) is 21.4 Å². The summed E-state index contributed by atoms with van der Waals surface area (Å²) in [6.07, 6.45) is 0.785. The predicted octanol–water partition coefficient (Wildman–Crippen LogP) is 4.94. The maximum Gasteiger partial charge on any atom is 0.264 e. The molecule has 30 heavy (non-hydrogen) atoms. The molecule has 0 saturated heterocycles. The van der Waals surface area contributed by atoms with Gasteiger partial charge in [-0.25, -0.2) is 8.42 Å². The first-order valence-electron chi connectivity index (χ1n) is 9.80. The minimum absolute atomic E-state index is 0.0707. The Morgan fingerprint density at radius 1 is 0.933 bits per heavy atom. The fourth-order valence-corrected chi connectivity index (χ4v) is 4.70. The lowest BCUT2D eigenvalue weighted by molar-refractivity contribution is 0.102. The molecule has 0 atom stereocenters. The number of sulfonamides is 1. The Balaban J connectivity index is 1.93. The van der Waals surface area contributed by atoms with Gasteiger partial charge in [0.2, 0.25) is 0 Å². The number of amides is 1. The van der Waals surface area contributed by atoms with E-state index in [1.807, 2.05) is 51.1 Å². The van der Waals surface area contributed by atoms with Crippen molar-refractivity contribution in [3.8, 4) is 0 Å². The molecule has 0 heterocycles. The lowest BCUT2D eigenvalue weighted by atomic mass is 10.1. The first kappa shape index (κ1) is 21.6. The van der Waals surface area contributed by atoms with Crippen LogP contribution in [0.1, 0.15) is 34.0 Å². The third kappa shape index (κ3) is 4.24. The third-order valence-corrected chi connectivity index (χ3v) is 6.96. The Bertz CT molecular complexity index is 1190. The van der Waals surface area contributed by atoms with Gasteiger partial charge in [0.15, 0.2) is 0 Å². The summed E-state index contributed by atoms with van der Waals surface area (Å²) < 4.78 is 27.6. The largest absolute Gasteiger partial charge is 0.321 e. The lowest BCUT2D eigenvalue weighted by Crippen LogP contribution is -2.27. The van der Waals surface area contributed by atoms with Gasteiger partial charge in [-0.3, -0.25) is 9.10 Å². The van der Waals surface area contributed by atoms with Gasteiger partial charge in [-0.1, -0.05) is 49.4 Å². The van der Waals surface area contributed by atoms with Crippen molar-refractivity contribution < 1.29 is 13.2 Å². The average Bonchev–Trinajstić information content (AvgIpc) is 2.75. The van der Waals surface area contributed by atoms with Crippen LogP contribution in [0.4, 0.5) is 11.4 Å². The van der Waals surface area contributed by atoms with E-state index in [9.17, 15) is 13.2 Å². The molecular formula is C24H26N2O3S. The normalized spacial score (nSPS) is 11.2. The van der Waals surface area contributed by atoms with E-state index in [-0.39, 0.29) is 10.8 Å². The maximum atomic E-state index is 13.2. The van der Waals surface area contributed by atoms with E-state index >= 15 is 0 Å². The number of carbonyl (C=O) groups is 1. The Hall–Kier alpha value is -3.12. The molecule has 0 saturated carbocycles. The zero-order chi connectivity index (χ0) is 21.9. The van der Waals surface area contributed by atoms with Crippen LogP contribution in [-0.2, 0) is 16.4 Å². The van der Waals surface area contributed by atoms with Gasteiger partial charge >= 0.3 is 0 Å². The van der Waals surface area contributed by atoms with E-state index in [1.54, 1.807) is 24.3 Å². The number of para-hydroxylation sites is 2. The van der Waals surface area contributed by atoms with Crippen LogP contribution in [0.25, 0.3) is 0 Å². The molecule has 3 aromatic carbocycles. The van der Waals surface area contributed by atoms with Gasteiger partial charge in [0.25, 0.3) is 15.9 Å². The molecule has 156 valence electrons. The summed E-state index contributed by atoms with van der Waals surface area (Å²) in [5.41, 5.74) is 4.51. The summed E-state index contributed by atoms with van der Waals surface area (Å²) in [6, 6.07) is 19.3. The van der Waals surface area contributed by atoms with E-state index in [0.717, 1.165) is 28.8 Å². The molecule has 5 nitrogen and oxygen atoms in total. The molecule has 0 unspecified atom stereocenters. The highest BCUT2D eigenvalue weighted by Crippen LogP contribution is 2.26. The number of hydrogen-bond donors (Lipinski definition) is 1. The van der Waals surface area contributed by atoms with Crippen LogP contribution in [0.2, 0.25) is 0 Å². The molecule has 0 aliphatic rings. The number of rotatable bonds is 6. The van der Waals surface area contributed by atoms with Crippen molar-refractivity contribution in [2.45, 2.75) is 32.1 Å². The van der Waals surface area contributed by atoms with Crippen molar-refractivity contribution >= 4 is 27.3 Å². The SMILES string of the molecule is CCc1cccc(C)c1NC(=O)c1cccc(S(=O)(=O)N(C)c2ccccc2C)c1.